The molecule has 0 saturated heterocycles. The normalized spacial score (nSPS) is 12.5. The molecule has 3 nitrogen and oxygen atoms in total. The van der Waals surface area contributed by atoms with Crippen LogP contribution < -0.4 is 5.32 Å². The van der Waals surface area contributed by atoms with Gasteiger partial charge in [0.2, 0.25) is 5.91 Å². The van der Waals surface area contributed by atoms with E-state index in [1.54, 1.807) is 36.4 Å². The third-order valence-electron chi connectivity index (χ3n) is 4.99. The summed E-state index contributed by atoms with van der Waals surface area (Å²) >= 11 is 11.5. The molecule has 0 radical (unpaired) electrons. The van der Waals surface area contributed by atoms with Crippen LogP contribution in [-0.2, 0) is 11.2 Å². The monoisotopic (exact) mass is 475 g/mol. The lowest BCUT2D eigenvalue weighted by Crippen LogP contribution is -2.40. The van der Waals surface area contributed by atoms with Crippen LogP contribution in [-0.4, -0.2) is 17.1 Å². The van der Waals surface area contributed by atoms with E-state index in [9.17, 15) is 9.18 Å². The number of rotatable bonds is 6. The van der Waals surface area contributed by atoms with Gasteiger partial charge in [0, 0.05) is 27.9 Å². The predicted molar refractivity (Wildman–Crippen MR) is 130 cm³/mol. The number of halogens is 3. The molecule has 0 aliphatic carbocycles. The molecule has 32 heavy (non-hydrogen) atoms. The van der Waals surface area contributed by atoms with Crippen molar-refractivity contribution < 1.29 is 14.3 Å². The van der Waals surface area contributed by atoms with Crippen LogP contribution in [0.25, 0.3) is 0 Å². The lowest BCUT2D eigenvalue weighted by molar-refractivity contribution is -0.124. The summed E-state index contributed by atoms with van der Waals surface area (Å²) in [4.78, 5) is 12.1. The zero-order valence-corrected chi connectivity index (χ0v) is 19.9. The number of aromatic hydroxyl groups is 1. The first-order valence-electron chi connectivity index (χ1n) is 10.4. The number of carbonyl (C=O) groups is 1. The molecule has 0 spiro atoms. The quantitative estimate of drug-likeness (QED) is 0.402. The first kappa shape index (κ1) is 25.7. The molecular formula is C26H28Cl2FNO2. The summed E-state index contributed by atoms with van der Waals surface area (Å²) in [5.74, 6) is -0.0192. The van der Waals surface area contributed by atoms with Crippen LogP contribution in [0.3, 0.4) is 0 Å². The fraction of sp³-hybridized carbons (Fsp3) is 0.269. The summed E-state index contributed by atoms with van der Waals surface area (Å²) in [5, 5.41) is 13.1. The zero-order chi connectivity index (χ0) is 23.7. The van der Waals surface area contributed by atoms with E-state index in [1.165, 1.54) is 12.1 Å². The third kappa shape index (κ3) is 8.52. The Bertz CT molecular complexity index is 953. The Morgan fingerprint density at radius 2 is 1.38 bits per heavy atom. The number of amides is 1. The van der Waals surface area contributed by atoms with Crippen molar-refractivity contribution in [3.05, 3.63) is 99.8 Å². The second kappa shape index (κ2) is 12.5. The van der Waals surface area contributed by atoms with Gasteiger partial charge >= 0.3 is 0 Å². The smallest absolute Gasteiger partial charge is 0.222 e. The fourth-order valence-corrected chi connectivity index (χ4v) is 3.35. The van der Waals surface area contributed by atoms with Crippen molar-refractivity contribution in [3.8, 4) is 5.75 Å². The van der Waals surface area contributed by atoms with E-state index in [0.29, 0.717) is 10.0 Å². The highest BCUT2D eigenvalue weighted by Crippen LogP contribution is 2.26. The lowest BCUT2D eigenvalue weighted by atomic mass is 9.86. The maximum atomic E-state index is 13.3. The van der Waals surface area contributed by atoms with Gasteiger partial charge in [-0.1, -0.05) is 61.3 Å². The fourth-order valence-electron chi connectivity index (χ4n) is 3.10. The van der Waals surface area contributed by atoms with Crippen molar-refractivity contribution >= 4 is 29.1 Å². The van der Waals surface area contributed by atoms with Crippen molar-refractivity contribution in [3.63, 3.8) is 0 Å². The molecule has 0 saturated carbocycles. The molecule has 2 N–H and O–H groups in total. The number of carbonyl (C=O) groups excluding carboxylic acids is 1. The topological polar surface area (TPSA) is 49.3 Å². The molecule has 6 heteroatoms. The van der Waals surface area contributed by atoms with Gasteiger partial charge in [-0.25, -0.2) is 4.39 Å². The molecule has 2 unspecified atom stereocenters. The Labute approximate surface area is 199 Å². The molecule has 3 aromatic carbocycles. The number of phenolic OH excluding ortho intramolecular Hbond substituents is 1. The van der Waals surface area contributed by atoms with Crippen molar-refractivity contribution in [2.24, 2.45) is 5.92 Å². The minimum absolute atomic E-state index is 0.0192. The molecule has 2 atom stereocenters. The van der Waals surface area contributed by atoms with E-state index in [4.69, 9.17) is 28.3 Å². The summed E-state index contributed by atoms with van der Waals surface area (Å²) in [5.41, 5.74) is 2.13. The Morgan fingerprint density at radius 3 is 1.84 bits per heavy atom. The minimum atomic E-state index is -0.261. The van der Waals surface area contributed by atoms with Crippen molar-refractivity contribution in [2.75, 3.05) is 0 Å². The van der Waals surface area contributed by atoms with Crippen LogP contribution in [0.5, 0.6) is 5.75 Å². The van der Waals surface area contributed by atoms with E-state index in [-0.39, 0.29) is 35.4 Å². The van der Waals surface area contributed by atoms with Gasteiger partial charge in [-0.3, -0.25) is 4.79 Å². The number of hydrogen-bond acceptors (Lipinski definition) is 2. The van der Waals surface area contributed by atoms with Crippen LogP contribution in [0.2, 0.25) is 10.0 Å². The van der Waals surface area contributed by atoms with Crippen molar-refractivity contribution in [2.45, 2.75) is 39.2 Å². The van der Waals surface area contributed by atoms with Gasteiger partial charge in [0.15, 0.2) is 0 Å². The van der Waals surface area contributed by atoms with Crippen LogP contribution in [0.1, 0.15) is 37.8 Å². The molecular weight excluding hydrogens is 448 g/mol. The number of phenols is 1. The van der Waals surface area contributed by atoms with E-state index < -0.39 is 0 Å². The Hall–Kier alpha value is -2.56. The highest BCUT2D eigenvalue weighted by atomic mass is 35.5. The summed E-state index contributed by atoms with van der Waals surface area (Å²) in [6, 6.07) is 20.5. The second-order valence-corrected chi connectivity index (χ2v) is 8.79. The average Bonchev–Trinajstić information content (AvgIpc) is 2.76. The lowest BCUT2D eigenvalue weighted by Gasteiger charge is -2.26. The van der Waals surface area contributed by atoms with Crippen LogP contribution in [0.15, 0.2) is 72.8 Å². The molecule has 3 rings (SSSR count). The molecule has 0 aliphatic rings. The highest BCUT2D eigenvalue weighted by Gasteiger charge is 2.22. The Kier molecular flexibility index (Phi) is 10.0. The average molecular weight is 476 g/mol. The summed E-state index contributed by atoms with van der Waals surface area (Å²) in [6.07, 6.45) is 0.738. The Morgan fingerprint density at radius 1 is 0.875 bits per heavy atom. The standard InChI is InChI=1S/C20H23ClFNO.C6H5ClO/c1-13(2)20(24)23-14(3)19(16-6-10-18(22)11-7-16)12-15-4-8-17(21)9-5-15;7-5-1-3-6(8)4-2-5/h4-11,13-14,19H,12H2,1-3H3,(H,23,24);1-4,8H. The highest BCUT2D eigenvalue weighted by molar-refractivity contribution is 6.30. The molecule has 0 aromatic heterocycles. The van der Waals surface area contributed by atoms with Gasteiger partial charge < -0.3 is 10.4 Å². The van der Waals surface area contributed by atoms with Crippen LogP contribution >= 0.6 is 23.2 Å². The number of hydrogen-bond donors (Lipinski definition) is 2. The summed E-state index contributed by atoms with van der Waals surface area (Å²) in [6.45, 7) is 5.73. The molecule has 0 fully saturated rings. The van der Waals surface area contributed by atoms with Crippen LogP contribution in [0, 0.1) is 11.7 Å². The minimum Gasteiger partial charge on any atom is -0.508 e. The van der Waals surface area contributed by atoms with Gasteiger partial charge in [-0.05, 0) is 73.0 Å². The van der Waals surface area contributed by atoms with Gasteiger partial charge in [0.05, 0.1) is 0 Å². The largest absolute Gasteiger partial charge is 0.508 e. The molecule has 0 bridgehead atoms. The Balaban J connectivity index is 0.000000380. The zero-order valence-electron chi connectivity index (χ0n) is 18.4. The van der Waals surface area contributed by atoms with Gasteiger partial charge in [-0.15, -0.1) is 0 Å². The second-order valence-electron chi connectivity index (χ2n) is 7.92. The third-order valence-corrected chi connectivity index (χ3v) is 5.50. The first-order valence-corrected chi connectivity index (χ1v) is 11.2. The molecule has 0 aliphatic heterocycles. The van der Waals surface area contributed by atoms with E-state index >= 15 is 0 Å². The molecule has 0 heterocycles. The van der Waals surface area contributed by atoms with E-state index in [2.05, 4.69) is 5.32 Å². The molecule has 3 aromatic rings. The predicted octanol–water partition coefficient (Wildman–Crippen LogP) is 7.01. The van der Waals surface area contributed by atoms with Gasteiger partial charge in [-0.2, -0.15) is 0 Å². The number of benzene rings is 3. The van der Waals surface area contributed by atoms with E-state index in [1.807, 2.05) is 45.0 Å². The molecule has 1 amide bonds. The summed E-state index contributed by atoms with van der Waals surface area (Å²) in [7, 11) is 0. The SMILES string of the molecule is CC(C)C(=O)NC(C)C(Cc1ccc(Cl)cc1)c1ccc(F)cc1.Oc1ccc(Cl)cc1. The first-order chi connectivity index (χ1) is 15.2. The van der Waals surface area contributed by atoms with Gasteiger partial charge in [0.25, 0.3) is 0 Å². The maximum Gasteiger partial charge on any atom is 0.222 e. The summed E-state index contributed by atoms with van der Waals surface area (Å²) < 4.78 is 13.3. The van der Waals surface area contributed by atoms with E-state index in [0.717, 1.165) is 17.5 Å². The number of nitrogens with one attached hydrogen (secondary N) is 1. The van der Waals surface area contributed by atoms with Crippen molar-refractivity contribution in [1.82, 2.24) is 5.32 Å². The van der Waals surface area contributed by atoms with Crippen LogP contribution in [0.4, 0.5) is 4.39 Å². The maximum absolute atomic E-state index is 13.3. The van der Waals surface area contributed by atoms with Gasteiger partial charge in [0.1, 0.15) is 11.6 Å². The van der Waals surface area contributed by atoms with Crippen molar-refractivity contribution in [1.29, 1.82) is 0 Å². The molecule has 170 valence electrons.